The van der Waals surface area contributed by atoms with Crippen molar-refractivity contribution < 1.29 is 19.5 Å². The van der Waals surface area contributed by atoms with Crippen molar-refractivity contribution in [3.05, 3.63) is 52.1 Å². The first kappa shape index (κ1) is 20.3. The molecule has 0 fully saturated rings. The molecule has 4 N–H and O–H groups in total. The Morgan fingerprint density at radius 2 is 1.73 bits per heavy atom. The van der Waals surface area contributed by atoms with Crippen LogP contribution in [0.5, 0.6) is 0 Å². The average molecular weight is 425 g/mol. The number of hydrogen-bond acceptors (Lipinski definition) is 4. The standard InChI is InChI=1S/C23H24N2O4S/c1-11-9-16(17(23(28)29)10-12(11)2)21(27)25-22-18(20(24)26)15-8-7-13-5-3-4-6-14(13)19(15)30-22/h3-6,16-17H,7-10H2,1-2H3,(H2,24,26)(H,25,27)(H,28,29)/t16-,17-/m0/s1. The number of thiophene rings is 1. The zero-order valence-electron chi connectivity index (χ0n) is 17.0. The molecule has 2 aliphatic rings. The van der Waals surface area contributed by atoms with E-state index in [4.69, 9.17) is 5.73 Å². The number of carboxylic acids is 1. The van der Waals surface area contributed by atoms with Gasteiger partial charge in [0.25, 0.3) is 5.91 Å². The molecule has 2 atom stereocenters. The van der Waals surface area contributed by atoms with Crippen molar-refractivity contribution in [1.82, 2.24) is 0 Å². The van der Waals surface area contributed by atoms with Gasteiger partial charge in [0.1, 0.15) is 5.00 Å². The molecule has 0 unspecified atom stereocenters. The number of nitrogens with two attached hydrogens (primary N) is 1. The Bertz CT molecular complexity index is 1100. The normalized spacial score (nSPS) is 20.3. The van der Waals surface area contributed by atoms with E-state index in [0.29, 0.717) is 29.8 Å². The van der Waals surface area contributed by atoms with E-state index in [2.05, 4.69) is 11.4 Å². The van der Waals surface area contributed by atoms with Crippen molar-refractivity contribution in [1.29, 1.82) is 0 Å². The van der Waals surface area contributed by atoms with E-state index in [1.54, 1.807) is 0 Å². The van der Waals surface area contributed by atoms with Crippen molar-refractivity contribution in [2.24, 2.45) is 17.6 Å². The number of fused-ring (bicyclic) bond motifs is 3. The summed E-state index contributed by atoms with van der Waals surface area (Å²) >= 11 is 1.34. The summed E-state index contributed by atoms with van der Waals surface area (Å²) in [6.07, 6.45) is 2.24. The number of amides is 2. The maximum Gasteiger partial charge on any atom is 0.307 e. The predicted molar refractivity (Wildman–Crippen MR) is 117 cm³/mol. The van der Waals surface area contributed by atoms with Crippen molar-refractivity contribution in [2.45, 2.75) is 39.5 Å². The lowest BCUT2D eigenvalue weighted by molar-refractivity contribution is -0.146. The molecular formula is C23H24N2O4S. The molecule has 0 bridgehead atoms. The third-order valence-corrected chi connectivity index (χ3v) is 7.50. The highest BCUT2D eigenvalue weighted by molar-refractivity contribution is 7.20. The molecule has 1 aromatic carbocycles. The number of allylic oxidation sites excluding steroid dienone is 2. The molecule has 0 spiro atoms. The largest absolute Gasteiger partial charge is 0.481 e. The Labute approximate surface area is 178 Å². The van der Waals surface area contributed by atoms with Crippen LogP contribution < -0.4 is 11.1 Å². The summed E-state index contributed by atoms with van der Waals surface area (Å²) in [6.45, 7) is 3.85. The van der Waals surface area contributed by atoms with E-state index in [0.717, 1.165) is 33.6 Å². The number of carbonyl (C=O) groups excluding carboxylic acids is 2. The van der Waals surface area contributed by atoms with Gasteiger partial charge in [0.15, 0.2) is 0 Å². The highest BCUT2D eigenvalue weighted by atomic mass is 32.1. The molecule has 6 nitrogen and oxygen atoms in total. The number of hydrogen-bond donors (Lipinski definition) is 3. The van der Waals surface area contributed by atoms with Crippen LogP contribution in [0.4, 0.5) is 5.00 Å². The maximum absolute atomic E-state index is 13.1. The second kappa shape index (κ2) is 7.72. The highest BCUT2D eigenvalue weighted by Crippen LogP contribution is 2.45. The molecule has 2 aliphatic carbocycles. The quantitative estimate of drug-likeness (QED) is 0.645. The SMILES string of the molecule is CC1=C(C)C[C@H](C(=O)Nc2sc3c(c2C(N)=O)CCc2ccccc2-3)[C@@H](C(=O)O)C1. The number of benzene rings is 1. The van der Waals surface area contributed by atoms with Crippen LogP contribution in [0.2, 0.25) is 0 Å². The lowest BCUT2D eigenvalue weighted by Gasteiger charge is -2.29. The van der Waals surface area contributed by atoms with Crippen LogP contribution in [-0.4, -0.2) is 22.9 Å². The molecule has 30 heavy (non-hydrogen) atoms. The van der Waals surface area contributed by atoms with Gasteiger partial charge in [-0.05, 0) is 56.2 Å². The Kier molecular flexibility index (Phi) is 5.24. The van der Waals surface area contributed by atoms with Gasteiger partial charge in [-0.2, -0.15) is 0 Å². The molecule has 4 rings (SSSR count). The minimum Gasteiger partial charge on any atom is -0.481 e. The fraction of sp³-hybridized carbons (Fsp3) is 0.348. The second-order valence-corrected chi connectivity index (χ2v) is 9.17. The summed E-state index contributed by atoms with van der Waals surface area (Å²) < 4.78 is 0. The number of aliphatic carboxylic acids is 1. The highest BCUT2D eigenvalue weighted by Gasteiger charge is 2.38. The first-order valence-electron chi connectivity index (χ1n) is 10.0. The minimum atomic E-state index is -0.975. The molecule has 0 saturated heterocycles. The van der Waals surface area contributed by atoms with E-state index in [-0.39, 0.29) is 5.91 Å². The van der Waals surface area contributed by atoms with Crippen LogP contribution in [0.3, 0.4) is 0 Å². The number of primary amides is 1. The van der Waals surface area contributed by atoms with Crippen molar-refractivity contribution in [3.63, 3.8) is 0 Å². The molecule has 0 radical (unpaired) electrons. The third kappa shape index (κ3) is 3.43. The Morgan fingerprint density at radius 1 is 1.07 bits per heavy atom. The van der Waals surface area contributed by atoms with Crippen LogP contribution >= 0.6 is 11.3 Å². The number of anilines is 1. The zero-order valence-corrected chi connectivity index (χ0v) is 17.8. The summed E-state index contributed by atoms with van der Waals surface area (Å²) in [6, 6.07) is 8.02. The number of aryl methyl sites for hydroxylation is 1. The van der Waals surface area contributed by atoms with Gasteiger partial charge in [-0.15, -0.1) is 11.3 Å². The van der Waals surface area contributed by atoms with E-state index in [1.165, 1.54) is 16.9 Å². The summed E-state index contributed by atoms with van der Waals surface area (Å²) in [5.74, 6) is -3.38. The summed E-state index contributed by atoms with van der Waals surface area (Å²) in [5, 5.41) is 12.9. The molecule has 1 heterocycles. The zero-order chi connectivity index (χ0) is 21.6. The van der Waals surface area contributed by atoms with Gasteiger partial charge in [0.05, 0.1) is 17.4 Å². The van der Waals surface area contributed by atoms with Gasteiger partial charge >= 0.3 is 5.97 Å². The van der Waals surface area contributed by atoms with E-state index in [1.807, 2.05) is 32.0 Å². The van der Waals surface area contributed by atoms with Gasteiger partial charge in [0.2, 0.25) is 5.91 Å². The van der Waals surface area contributed by atoms with Crippen LogP contribution in [0.1, 0.15) is 48.2 Å². The lowest BCUT2D eigenvalue weighted by Crippen LogP contribution is -2.36. The van der Waals surface area contributed by atoms with Crippen molar-refractivity contribution in [3.8, 4) is 10.4 Å². The lowest BCUT2D eigenvalue weighted by atomic mass is 9.76. The molecule has 156 valence electrons. The topological polar surface area (TPSA) is 109 Å². The third-order valence-electron chi connectivity index (χ3n) is 6.32. The smallest absolute Gasteiger partial charge is 0.307 e. The number of nitrogens with one attached hydrogen (secondary N) is 1. The molecular weight excluding hydrogens is 400 g/mol. The van der Waals surface area contributed by atoms with Crippen LogP contribution in [0, 0.1) is 11.8 Å². The Balaban J connectivity index is 1.70. The van der Waals surface area contributed by atoms with Gasteiger partial charge in [-0.1, -0.05) is 35.4 Å². The molecule has 2 aromatic rings. The number of carboxylic acid groups (broad SMARTS) is 1. The van der Waals surface area contributed by atoms with E-state index < -0.39 is 23.7 Å². The molecule has 0 saturated carbocycles. The summed E-state index contributed by atoms with van der Waals surface area (Å²) in [7, 11) is 0. The fourth-order valence-electron chi connectivity index (χ4n) is 4.52. The molecule has 0 aliphatic heterocycles. The number of carbonyl (C=O) groups is 3. The monoisotopic (exact) mass is 424 g/mol. The minimum absolute atomic E-state index is 0.351. The van der Waals surface area contributed by atoms with Gasteiger partial charge in [-0.3, -0.25) is 14.4 Å². The van der Waals surface area contributed by atoms with Crippen LogP contribution in [-0.2, 0) is 22.4 Å². The molecule has 1 aromatic heterocycles. The Hall–Kier alpha value is -2.93. The first-order chi connectivity index (χ1) is 14.3. The predicted octanol–water partition coefficient (Wildman–Crippen LogP) is 4.00. The second-order valence-electron chi connectivity index (χ2n) is 8.14. The summed E-state index contributed by atoms with van der Waals surface area (Å²) in [4.78, 5) is 38.1. The van der Waals surface area contributed by atoms with E-state index >= 15 is 0 Å². The average Bonchev–Trinajstić information content (AvgIpc) is 3.08. The summed E-state index contributed by atoms with van der Waals surface area (Å²) in [5.41, 5.74) is 11.2. The van der Waals surface area contributed by atoms with Crippen LogP contribution in [0.15, 0.2) is 35.4 Å². The van der Waals surface area contributed by atoms with Gasteiger partial charge < -0.3 is 16.2 Å². The first-order valence-corrected chi connectivity index (χ1v) is 10.8. The van der Waals surface area contributed by atoms with E-state index in [9.17, 15) is 19.5 Å². The van der Waals surface area contributed by atoms with Crippen LogP contribution in [0.25, 0.3) is 10.4 Å². The van der Waals surface area contributed by atoms with Gasteiger partial charge in [0, 0.05) is 4.88 Å². The van der Waals surface area contributed by atoms with Gasteiger partial charge in [-0.25, -0.2) is 0 Å². The van der Waals surface area contributed by atoms with Crippen molar-refractivity contribution >= 4 is 34.1 Å². The molecule has 2 amide bonds. The maximum atomic E-state index is 13.1. The van der Waals surface area contributed by atoms with Crippen molar-refractivity contribution in [2.75, 3.05) is 5.32 Å². The number of rotatable bonds is 4. The Morgan fingerprint density at radius 3 is 2.40 bits per heavy atom. The molecule has 7 heteroatoms. The fourth-order valence-corrected chi connectivity index (χ4v) is 5.84.